The lowest BCUT2D eigenvalue weighted by atomic mass is 9.95. The fourth-order valence-corrected chi connectivity index (χ4v) is 4.04. The first-order valence-corrected chi connectivity index (χ1v) is 10.1. The average molecular weight is 393 g/mol. The Kier molecular flexibility index (Phi) is 4.34. The molecule has 5 rings (SSSR count). The van der Waals surface area contributed by atoms with E-state index in [-0.39, 0.29) is 23.3 Å². The molecule has 1 saturated carbocycles. The zero-order valence-electron chi connectivity index (χ0n) is 16.3. The van der Waals surface area contributed by atoms with E-state index < -0.39 is 0 Å². The van der Waals surface area contributed by atoms with E-state index in [1.54, 1.807) is 11.9 Å². The quantitative estimate of drug-likeness (QED) is 0.680. The molecular weight excluding hydrogens is 370 g/mol. The van der Waals surface area contributed by atoms with E-state index in [9.17, 15) is 9.59 Å². The minimum Gasteiger partial charge on any atom is -0.431 e. The summed E-state index contributed by atoms with van der Waals surface area (Å²) in [4.78, 5) is 31.3. The second-order valence-electron chi connectivity index (χ2n) is 7.83. The first-order valence-electron chi connectivity index (χ1n) is 10.1. The number of benzene rings is 1. The summed E-state index contributed by atoms with van der Waals surface area (Å²) < 4.78 is 9.01. The summed E-state index contributed by atoms with van der Waals surface area (Å²) in [5, 5.41) is 4.50. The number of carbonyl (C=O) groups excluding carboxylic acids is 1. The van der Waals surface area contributed by atoms with Crippen molar-refractivity contribution in [2.45, 2.75) is 37.6 Å². The standard InChI is InChI=1S/C21H23N5O3/c1-24-21(28)26(16-7-8-16)18(23-24)14-9-11-25(12-10-14)20(27)17-13-22-19(29-17)15-5-3-2-4-6-15/h2-6,13-14,16H,7-12H2,1H3. The number of hydrogen-bond donors (Lipinski definition) is 0. The normalized spacial score (nSPS) is 17.6. The molecule has 8 nitrogen and oxygen atoms in total. The van der Waals surface area contributed by atoms with Crippen molar-refractivity contribution in [3.8, 4) is 11.5 Å². The first-order chi connectivity index (χ1) is 14.1. The number of oxazole rings is 1. The molecule has 0 radical (unpaired) electrons. The summed E-state index contributed by atoms with van der Waals surface area (Å²) in [5.41, 5.74) is 0.814. The van der Waals surface area contributed by atoms with Gasteiger partial charge in [-0.3, -0.25) is 9.36 Å². The molecule has 1 saturated heterocycles. The highest BCUT2D eigenvalue weighted by atomic mass is 16.4. The van der Waals surface area contributed by atoms with Gasteiger partial charge in [-0.15, -0.1) is 0 Å². The van der Waals surface area contributed by atoms with Crippen LogP contribution in [-0.4, -0.2) is 43.2 Å². The van der Waals surface area contributed by atoms with E-state index in [0.717, 1.165) is 37.1 Å². The van der Waals surface area contributed by atoms with Crippen molar-refractivity contribution >= 4 is 5.91 Å². The summed E-state index contributed by atoms with van der Waals surface area (Å²) in [6, 6.07) is 9.84. The third-order valence-corrected chi connectivity index (χ3v) is 5.78. The number of nitrogens with zero attached hydrogens (tertiary/aromatic N) is 5. The van der Waals surface area contributed by atoms with Crippen LogP contribution in [0.2, 0.25) is 0 Å². The third-order valence-electron chi connectivity index (χ3n) is 5.78. The number of amides is 1. The largest absolute Gasteiger partial charge is 0.431 e. The molecule has 0 bridgehead atoms. The second-order valence-corrected chi connectivity index (χ2v) is 7.83. The Morgan fingerprint density at radius 2 is 1.83 bits per heavy atom. The molecule has 0 N–H and O–H groups in total. The highest BCUT2D eigenvalue weighted by molar-refractivity contribution is 5.91. The van der Waals surface area contributed by atoms with Gasteiger partial charge in [0.05, 0.1) is 6.20 Å². The molecule has 1 aliphatic heterocycles. The number of aromatic nitrogens is 4. The van der Waals surface area contributed by atoms with Crippen LogP contribution in [0.5, 0.6) is 0 Å². The fraction of sp³-hybridized carbons (Fsp3) is 0.429. The van der Waals surface area contributed by atoms with Gasteiger partial charge in [0.25, 0.3) is 5.91 Å². The maximum Gasteiger partial charge on any atom is 0.345 e. The van der Waals surface area contributed by atoms with Gasteiger partial charge >= 0.3 is 5.69 Å². The maximum absolute atomic E-state index is 12.8. The molecule has 0 unspecified atom stereocenters. The maximum atomic E-state index is 12.8. The van der Waals surface area contributed by atoms with Gasteiger partial charge in [-0.25, -0.2) is 14.5 Å². The minimum atomic E-state index is -0.140. The lowest BCUT2D eigenvalue weighted by molar-refractivity contribution is 0.0679. The van der Waals surface area contributed by atoms with Crippen LogP contribution in [0.4, 0.5) is 0 Å². The summed E-state index contributed by atoms with van der Waals surface area (Å²) in [6.45, 7) is 1.22. The topological polar surface area (TPSA) is 86.2 Å². The van der Waals surface area contributed by atoms with E-state index >= 15 is 0 Å². The van der Waals surface area contributed by atoms with Crippen LogP contribution in [0.1, 0.15) is 54.0 Å². The van der Waals surface area contributed by atoms with Crippen molar-refractivity contribution in [2.24, 2.45) is 7.05 Å². The van der Waals surface area contributed by atoms with Crippen LogP contribution in [0.3, 0.4) is 0 Å². The Morgan fingerprint density at radius 3 is 2.52 bits per heavy atom. The van der Waals surface area contributed by atoms with Crippen molar-refractivity contribution in [1.29, 1.82) is 0 Å². The van der Waals surface area contributed by atoms with Gasteiger partial charge in [-0.2, -0.15) is 5.10 Å². The molecule has 2 fully saturated rings. The molecule has 8 heteroatoms. The number of rotatable bonds is 4. The van der Waals surface area contributed by atoms with Gasteiger partial charge < -0.3 is 9.32 Å². The summed E-state index contributed by atoms with van der Waals surface area (Å²) in [7, 11) is 1.71. The van der Waals surface area contributed by atoms with Crippen molar-refractivity contribution < 1.29 is 9.21 Å². The summed E-state index contributed by atoms with van der Waals surface area (Å²) in [6.07, 6.45) is 5.17. The van der Waals surface area contributed by atoms with Crippen molar-refractivity contribution in [1.82, 2.24) is 24.2 Å². The van der Waals surface area contributed by atoms with E-state index in [4.69, 9.17) is 4.42 Å². The monoisotopic (exact) mass is 393 g/mol. The number of aryl methyl sites for hydroxylation is 1. The molecule has 0 atom stereocenters. The predicted octanol–water partition coefficient (Wildman–Crippen LogP) is 2.59. The van der Waals surface area contributed by atoms with Crippen molar-refractivity contribution in [3.05, 3.63) is 58.6 Å². The molecule has 0 spiro atoms. The Balaban J connectivity index is 1.28. The van der Waals surface area contributed by atoms with Crippen LogP contribution in [0, 0.1) is 0 Å². The summed E-state index contributed by atoms with van der Waals surface area (Å²) in [5.74, 6) is 1.64. The van der Waals surface area contributed by atoms with Gasteiger partial charge in [0.1, 0.15) is 5.82 Å². The number of likely N-dealkylation sites (tertiary alicyclic amines) is 1. The zero-order valence-corrected chi connectivity index (χ0v) is 16.3. The molecule has 29 heavy (non-hydrogen) atoms. The van der Waals surface area contributed by atoms with Gasteiger partial charge in [0.2, 0.25) is 11.7 Å². The van der Waals surface area contributed by atoms with Crippen molar-refractivity contribution in [3.63, 3.8) is 0 Å². The Hall–Kier alpha value is -3.16. The van der Waals surface area contributed by atoms with Gasteiger partial charge in [-0.05, 0) is 37.8 Å². The van der Waals surface area contributed by atoms with Crippen molar-refractivity contribution in [2.75, 3.05) is 13.1 Å². The van der Waals surface area contributed by atoms with Gasteiger partial charge in [-0.1, -0.05) is 18.2 Å². The molecule has 1 amide bonds. The number of carbonyl (C=O) groups is 1. The van der Waals surface area contributed by atoms with Crippen LogP contribution in [0.25, 0.3) is 11.5 Å². The molecule has 3 aromatic rings. The highest BCUT2D eigenvalue weighted by Crippen LogP contribution is 2.37. The van der Waals surface area contributed by atoms with E-state index in [1.807, 2.05) is 34.9 Å². The molecule has 1 aliphatic carbocycles. The molecule has 150 valence electrons. The predicted molar refractivity (Wildman–Crippen MR) is 106 cm³/mol. The number of hydrogen-bond acceptors (Lipinski definition) is 5. The Labute approximate surface area is 167 Å². The highest BCUT2D eigenvalue weighted by Gasteiger charge is 2.34. The second kappa shape index (κ2) is 7.02. The molecular formula is C21H23N5O3. The zero-order chi connectivity index (χ0) is 20.0. The SMILES string of the molecule is Cn1nc(C2CCN(C(=O)c3cnc(-c4ccccc4)o3)CC2)n(C2CC2)c1=O. The lowest BCUT2D eigenvalue weighted by Gasteiger charge is -2.31. The minimum absolute atomic E-state index is 0.0314. The molecule has 2 aliphatic rings. The van der Waals surface area contributed by atoms with Crippen LogP contribution in [0.15, 0.2) is 45.7 Å². The van der Waals surface area contributed by atoms with E-state index in [2.05, 4.69) is 10.1 Å². The number of piperidine rings is 1. The smallest absolute Gasteiger partial charge is 0.345 e. The van der Waals surface area contributed by atoms with E-state index in [1.165, 1.54) is 10.9 Å². The third kappa shape index (κ3) is 3.28. The first kappa shape index (κ1) is 17.9. The summed E-state index contributed by atoms with van der Waals surface area (Å²) >= 11 is 0. The van der Waals surface area contributed by atoms with Crippen LogP contribution < -0.4 is 5.69 Å². The van der Waals surface area contributed by atoms with Crippen LogP contribution >= 0.6 is 0 Å². The molecule has 1 aromatic carbocycles. The average Bonchev–Trinajstić information content (AvgIpc) is 3.39. The van der Waals surface area contributed by atoms with Crippen LogP contribution in [-0.2, 0) is 7.05 Å². The Bertz CT molecular complexity index is 1090. The van der Waals surface area contributed by atoms with Gasteiger partial charge in [0.15, 0.2) is 0 Å². The lowest BCUT2D eigenvalue weighted by Crippen LogP contribution is -2.38. The molecule has 3 heterocycles. The Morgan fingerprint density at radius 1 is 1.10 bits per heavy atom. The fourth-order valence-electron chi connectivity index (χ4n) is 4.04. The van der Waals surface area contributed by atoms with E-state index in [0.29, 0.717) is 25.0 Å². The molecule has 2 aromatic heterocycles. The van der Waals surface area contributed by atoms with Gasteiger partial charge in [0, 0.05) is 37.7 Å².